The van der Waals surface area contributed by atoms with Crippen LogP contribution in [0.15, 0.2) is 12.4 Å². The van der Waals surface area contributed by atoms with E-state index in [1.165, 1.54) is 6.42 Å². The van der Waals surface area contributed by atoms with Crippen molar-refractivity contribution in [2.45, 2.75) is 33.2 Å². The van der Waals surface area contributed by atoms with Crippen LogP contribution >= 0.6 is 12.2 Å². The van der Waals surface area contributed by atoms with Gasteiger partial charge in [0.05, 0.1) is 0 Å². The third-order valence-electron chi connectivity index (χ3n) is 2.12. The summed E-state index contributed by atoms with van der Waals surface area (Å²) in [6, 6.07) is 0. The van der Waals surface area contributed by atoms with Crippen LogP contribution in [-0.4, -0.2) is 14.5 Å². The maximum Gasteiger partial charge on any atom is 0.167 e. The molecule has 2 N–H and O–H groups in total. The molecule has 0 aromatic carbocycles. The van der Waals surface area contributed by atoms with Crippen LogP contribution in [0.25, 0.3) is 0 Å². The van der Waals surface area contributed by atoms with Crippen LogP contribution in [0.2, 0.25) is 0 Å². The molecule has 1 heterocycles. The van der Waals surface area contributed by atoms with Gasteiger partial charge in [-0.2, -0.15) is 0 Å². The number of nitrogens with two attached hydrogens (primary N) is 1. The van der Waals surface area contributed by atoms with E-state index in [4.69, 9.17) is 18.0 Å². The van der Waals surface area contributed by atoms with Gasteiger partial charge in [-0.15, -0.1) is 0 Å². The van der Waals surface area contributed by atoms with Gasteiger partial charge in [0.1, 0.15) is 4.99 Å². The summed E-state index contributed by atoms with van der Waals surface area (Å²) in [7, 11) is 0. The molecule has 0 bridgehead atoms. The summed E-state index contributed by atoms with van der Waals surface area (Å²) in [6.45, 7) is 5.40. The summed E-state index contributed by atoms with van der Waals surface area (Å²) >= 11 is 4.90. The molecule has 0 saturated carbocycles. The molecule has 1 aromatic rings. The van der Waals surface area contributed by atoms with Gasteiger partial charge in [0.15, 0.2) is 5.82 Å². The molecule has 0 amide bonds. The van der Waals surface area contributed by atoms with E-state index in [-0.39, 0.29) is 0 Å². The van der Waals surface area contributed by atoms with E-state index in [9.17, 15) is 0 Å². The molecule has 0 unspecified atom stereocenters. The minimum atomic E-state index is 0.375. The van der Waals surface area contributed by atoms with Crippen molar-refractivity contribution < 1.29 is 0 Å². The van der Waals surface area contributed by atoms with Crippen molar-refractivity contribution in [3.63, 3.8) is 0 Å². The van der Waals surface area contributed by atoms with Crippen LogP contribution in [0.4, 0.5) is 0 Å². The van der Waals surface area contributed by atoms with E-state index in [0.29, 0.717) is 4.99 Å². The molecule has 0 aliphatic heterocycles. The Hall–Kier alpha value is -0.900. The fraction of sp³-hybridized carbons (Fsp3) is 0.600. The molecule has 3 nitrogen and oxygen atoms in total. The van der Waals surface area contributed by atoms with Gasteiger partial charge in [-0.1, -0.05) is 26.1 Å². The lowest BCUT2D eigenvalue weighted by Gasteiger charge is -2.07. The molecule has 0 spiro atoms. The van der Waals surface area contributed by atoms with Crippen LogP contribution in [-0.2, 0) is 6.54 Å². The van der Waals surface area contributed by atoms with Crippen LogP contribution in [0.5, 0.6) is 0 Å². The number of nitrogens with zero attached hydrogens (tertiary/aromatic N) is 2. The predicted octanol–water partition coefficient (Wildman–Crippen LogP) is 1.95. The van der Waals surface area contributed by atoms with E-state index < -0.39 is 0 Å². The number of rotatable bonds is 5. The third kappa shape index (κ3) is 3.10. The molecule has 0 fully saturated rings. The maximum atomic E-state index is 5.54. The molecule has 0 saturated heterocycles. The van der Waals surface area contributed by atoms with Crippen molar-refractivity contribution in [1.29, 1.82) is 0 Å². The number of aromatic nitrogens is 2. The van der Waals surface area contributed by atoms with Crippen molar-refractivity contribution in [3.05, 3.63) is 18.2 Å². The zero-order valence-electron chi connectivity index (χ0n) is 8.73. The summed E-state index contributed by atoms with van der Waals surface area (Å²) in [5, 5.41) is 0. The molecule has 0 radical (unpaired) electrons. The smallest absolute Gasteiger partial charge is 0.167 e. The minimum Gasteiger partial charge on any atom is -0.387 e. The van der Waals surface area contributed by atoms with Crippen LogP contribution in [0, 0.1) is 5.92 Å². The summed E-state index contributed by atoms with van der Waals surface area (Å²) < 4.78 is 2.02. The van der Waals surface area contributed by atoms with Crippen molar-refractivity contribution in [3.8, 4) is 0 Å². The average molecular weight is 211 g/mol. The lowest BCUT2D eigenvalue weighted by atomic mass is 10.1. The van der Waals surface area contributed by atoms with E-state index in [1.54, 1.807) is 6.20 Å². The topological polar surface area (TPSA) is 43.8 Å². The molecular weight excluding hydrogens is 194 g/mol. The minimum absolute atomic E-state index is 0.375. The van der Waals surface area contributed by atoms with Gasteiger partial charge in [0, 0.05) is 18.9 Å². The first-order valence-corrected chi connectivity index (χ1v) is 5.33. The van der Waals surface area contributed by atoms with E-state index in [2.05, 4.69) is 18.8 Å². The molecule has 4 heteroatoms. The van der Waals surface area contributed by atoms with Gasteiger partial charge in [0.25, 0.3) is 0 Å². The zero-order valence-corrected chi connectivity index (χ0v) is 9.55. The fourth-order valence-electron chi connectivity index (χ4n) is 1.38. The molecule has 14 heavy (non-hydrogen) atoms. The standard InChI is InChI=1S/C10H17N3S/c1-8(2)4-3-6-13-7-5-12-10(13)9(11)14/h5,7-8H,3-4,6H2,1-2H3,(H2,11,14). The maximum absolute atomic E-state index is 5.54. The van der Waals surface area contributed by atoms with Gasteiger partial charge in [0.2, 0.25) is 0 Å². The van der Waals surface area contributed by atoms with Gasteiger partial charge in [-0.05, 0) is 18.8 Å². The normalized spacial score (nSPS) is 10.8. The monoisotopic (exact) mass is 211 g/mol. The Kier molecular flexibility index (Phi) is 4.07. The van der Waals surface area contributed by atoms with Crippen LogP contribution in [0.1, 0.15) is 32.5 Å². The first-order valence-electron chi connectivity index (χ1n) is 4.92. The van der Waals surface area contributed by atoms with E-state index in [1.807, 2.05) is 10.8 Å². The lowest BCUT2D eigenvalue weighted by molar-refractivity contribution is 0.511. The van der Waals surface area contributed by atoms with Crippen molar-refractivity contribution in [2.75, 3.05) is 0 Å². The zero-order chi connectivity index (χ0) is 10.6. The largest absolute Gasteiger partial charge is 0.387 e. The quantitative estimate of drug-likeness (QED) is 0.757. The summed E-state index contributed by atoms with van der Waals surface area (Å²) in [4.78, 5) is 4.48. The number of imidazole rings is 1. The Balaban J connectivity index is 2.50. The van der Waals surface area contributed by atoms with Crippen molar-refractivity contribution >= 4 is 17.2 Å². The number of thiocarbonyl (C=S) groups is 1. The Morgan fingerprint density at radius 2 is 2.36 bits per heavy atom. The number of hydrogen-bond acceptors (Lipinski definition) is 2. The molecular formula is C10H17N3S. The second-order valence-electron chi connectivity index (χ2n) is 3.84. The summed E-state index contributed by atoms with van der Waals surface area (Å²) in [5.41, 5.74) is 5.54. The third-order valence-corrected chi connectivity index (χ3v) is 2.30. The molecule has 0 atom stereocenters. The highest BCUT2D eigenvalue weighted by Gasteiger charge is 2.04. The van der Waals surface area contributed by atoms with E-state index >= 15 is 0 Å². The highest BCUT2D eigenvalue weighted by molar-refractivity contribution is 7.80. The second kappa shape index (κ2) is 5.10. The average Bonchev–Trinajstić information content (AvgIpc) is 2.51. The Morgan fingerprint density at radius 1 is 1.64 bits per heavy atom. The first kappa shape index (κ1) is 11.2. The Bertz CT molecular complexity index is 304. The summed E-state index contributed by atoms with van der Waals surface area (Å²) in [6.07, 6.45) is 6.03. The number of aryl methyl sites for hydroxylation is 1. The van der Waals surface area contributed by atoms with E-state index in [0.717, 1.165) is 24.7 Å². The Morgan fingerprint density at radius 3 is 2.93 bits per heavy atom. The second-order valence-corrected chi connectivity index (χ2v) is 4.28. The van der Waals surface area contributed by atoms with Crippen LogP contribution in [0.3, 0.4) is 0 Å². The number of hydrogen-bond donors (Lipinski definition) is 1. The van der Waals surface area contributed by atoms with Gasteiger partial charge in [-0.3, -0.25) is 0 Å². The molecule has 1 aromatic heterocycles. The Labute approximate surface area is 90.3 Å². The molecule has 0 aliphatic carbocycles. The highest BCUT2D eigenvalue weighted by atomic mass is 32.1. The molecule has 1 rings (SSSR count). The molecule has 0 aliphatic rings. The van der Waals surface area contributed by atoms with Crippen molar-refractivity contribution in [2.24, 2.45) is 11.7 Å². The van der Waals surface area contributed by atoms with Crippen molar-refractivity contribution in [1.82, 2.24) is 9.55 Å². The van der Waals surface area contributed by atoms with Gasteiger partial charge >= 0.3 is 0 Å². The highest BCUT2D eigenvalue weighted by Crippen LogP contribution is 2.06. The first-order chi connectivity index (χ1) is 6.61. The SMILES string of the molecule is CC(C)CCCn1ccnc1C(N)=S. The van der Waals surface area contributed by atoms with Gasteiger partial charge < -0.3 is 10.3 Å². The summed E-state index contributed by atoms with van der Waals surface area (Å²) in [5.74, 6) is 1.47. The van der Waals surface area contributed by atoms with Crippen LogP contribution < -0.4 is 5.73 Å². The predicted molar refractivity (Wildman–Crippen MR) is 62.2 cm³/mol. The molecule has 78 valence electrons. The lowest BCUT2D eigenvalue weighted by Crippen LogP contribution is -2.17. The van der Waals surface area contributed by atoms with Gasteiger partial charge in [-0.25, -0.2) is 4.98 Å². The fourth-order valence-corrected chi connectivity index (χ4v) is 1.55.